The number of para-hydroxylation sites is 1. The van der Waals surface area contributed by atoms with Crippen molar-refractivity contribution in [2.45, 2.75) is 24.2 Å². The van der Waals surface area contributed by atoms with Crippen molar-refractivity contribution in [3.8, 4) is 0 Å². The van der Waals surface area contributed by atoms with E-state index >= 15 is 0 Å². The number of nitrogens with one attached hydrogen (secondary N) is 1. The van der Waals surface area contributed by atoms with Crippen molar-refractivity contribution < 1.29 is 17.6 Å². The molecule has 0 radical (unpaired) electrons. The molecule has 0 saturated carbocycles. The first-order chi connectivity index (χ1) is 12.0. The Morgan fingerprint density at radius 3 is 2.44 bits per heavy atom. The van der Waals surface area contributed by atoms with Crippen molar-refractivity contribution in [3.05, 3.63) is 59.9 Å². The van der Waals surface area contributed by atoms with E-state index < -0.39 is 15.8 Å². The molecule has 1 fully saturated rings. The van der Waals surface area contributed by atoms with Crippen LogP contribution in [-0.2, 0) is 10.0 Å². The minimum Gasteiger partial charge on any atom is -0.339 e. The van der Waals surface area contributed by atoms with Gasteiger partial charge in [-0.1, -0.05) is 18.2 Å². The number of benzene rings is 2. The lowest BCUT2D eigenvalue weighted by atomic mass is 10.1. The van der Waals surface area contributed by atoms with Gasteiger partial charge in [0.2, 0.25) is 0 Å². The Bertz CT molecular complexity index is 877. The molecule has 7 heteroatoms. The first-order valence-corrected chi connectivity index (χ1v) is 9.62. The molecule has 1 aliphatic rings. The maximum absolute atomic E-state index is 13.7. The summed E-state index contributed by atoms with van der Waals surface area (Å²) in [5.41, 5.74) is 0.188. The van der Waals surface area contributed by atoms with Gasteiger partial charge in [0.15, 0.2) is 0 Å². The number of anilines is 1. The lowest BCUT2D eigenvalue weighted by molar-refractivity contribution is 0.0724. The Morgan fingerprint density at radius 2 is 1.72 bits per heavy atom. The second-order valence-electron chi connectivity index (χ2n) is 5.97. The van der Waals surface area contributed by atoms with Crippen LogP contribution in [0.25, 0.3) is 0 Å². The standard InChI is InChI=1S/C18H19FN2O3S/c19-16-9-2-3-10-17(16)20-25(23,24)15-8-6-7-14(13-15)18(22)21-11-4-1-5-12-21/h2-3,6-10,13,20H,1,4-5,11-12H2. The smallest absolute Gasteiger partial charge is 0.262 e. The summed E-state index contributed by atoms with van der Waals surface area (Å²) in [5.74, 6) is -0.839. The molecule has 0 aromatic heterocycles. The zero-order valence-corrected chi connectivity index (χ0v) is 14.4. The van der Waals surface area contributed by atoms with E-state index in [1.807, 2.05) is 0 Å². The summed E-state index contributed by atoms with van der Waals surface area (Å²) in [4.78, 5) is 14.2. The molecule has 2 aromatic rings. The van der Waals surface area contributed by atoms with Crippen molar-refractivity contribution >= 4 is 21.6 Å². The minimum atomic E-state index is -3.98. The van der Waals surface area contributed by atoms with Crippen LogP contribution in [0.3, 0.4) is 0 Å². The predicted molar refractivity (Wildman–Crippen MR) is 93.4 cm³/mol. The van der Waals surface area contributed by atoms with Crippen molar-refractivity contribution in [1.82, 2.24) is 4.90 Å². The SMILES string of the molecule is O=C(c1cccc(S(=O)(=O)Nc2ccccc2F)c1)N1CCCCC1. The fraction of sp³-hybridized carbons (Fsp3) is 0.278. The van der Waals surface area contributed by atoms with Gasteiger partial charge in [0, 0.05) is 18.7 Å². The lowest BCUT2D eigenvalue weighted by Gasteiger charge is -2.26. The number of likely N-dealkylation sites (tertiary alicyclic amines) is 1. The van der Waals surface area contributed by atoms with Gasteiger partial charge in [0.1, 0.15) is 5.82 Å². The molecule has 3 rings (SSSR count). The van der Waals surface area contributed by atoms with Gasteiger partial charge >= 0.3 is 0 Å². The van der Waals surface area contributed by atoms with Crippen molar-refractivity contribution in [2.24, 2.45) is 0 Å². The number of carbonyl (C=O) groups excluding carboxylic acids is 1. The molecule has 5 nitrogen and oxygen atoms in total. The van der Waals surface area contributed by atoms with E-state index in [-0.39, 0.29) is 16.5 Å². The fourth-order valence-corrected chi connectivity index (χ4v) is 3.94. The Labute approximate surface area is 146 Å². The van der Waals surface area contributed by atoms with Gasteiger partial charge in [0.05, 0.1) is 10.6 Å². The molecular formula is C18H19FN2O3S. The molecule has 0 unspecified atom stereocenters. The van der Waals surface area contributed by atoms with Crippen LogP contribution in [0.4, 0.5) is 10.1 Å². The zero-order chi connectivity index (χ0) is 17.9. The summed E-state index contributed by atoms with van der Waals surface area (Å²) >= 11 is 0. The number of piperidine rings is 1. The fourth-order valence-electron chi connectivity index (χ4n) is 2.82. The predicted octanol–water partition coefficient (Wildman–Crippen LogP) is 3.25. The summed E-state index contributed by atoms with van der Waals surface area (Å²) in [6.07, 6.45) is 3.02. The summed E-state index contributed by atoms with van der Waals surface area (Å²) in [5, 5.41) is 0. The zero-order valence-electron chi connectivity index (χ0n) is 13.6. The van der Waals surface area contributed by atoms with E-state index in [0.29, 0.717) is 18.7 Å². The summed E-state index contributed by atoms with van der Waals surface area (Å²) < 4.78 is 40.9. The number of carbonyl (C=O) groups is 1. The third-order valence-corrected chi connectivity index (χ3v) is 5.52. The van der Waals surface area contributed by atoms with Crippen molar-refractivity contribution in [2.75, 3.05) is 17.8 Å². The second kappa shape index (κ2) is 7.23. The van der Waals surface area contributed by atoms with E-state index in [0.717, 1.165) is 19.3 Å². The van der Waals surface area contributed by atoms with Gasteiger partial charge in [-0.15, -0.1) is 0 Å². The number of rotatable bonds is 4. The number of nitrogens with zero attached hydrogens (tertiary/aromatic N) is 1. The van der Waals surface area contributed by atoms with E-state index in [4.69, 9.17) is 0 Å². The maximum atomic E-state index is 13.7. The average Bonchev–Trinajstić information content (AvgIpc) is 2.64. The van der Waals surface area contributed by atoms with Crippen LogP contribution in [0.5, 0.6) is 0 Å². The third kappa shape index (κ3) is 3.99. The normalized spacial score (nSPS) is 15.0. The molecule has 2 aromatic carbocycles. The van der Waals surface area contributed by atoms with E-state index in [2.05, 4.69) is 4.72 Å². The van der Waals surface area contributed by atoms with Crippen LogP contribution in [-0.4, -0.2) is 32.3 Å². The number of hydrogen-bond acceptors (Lipinski definition) is 3. The molecule has 0 aliphatic carbocycles. The van der Waals surface area contributed by atoms with E-state index in [1.54, 1.807) is 11.0 Å². The molecule has 132 valence electrons. The molecule has 1 N–H and O–H groups in total. The van der Waals surface area contributed by atoms with Crippen LogP contribution >= 0.6 is 0 Å². The van der Waals surface area contributed by atoms with Crippen molar-refractivity contribution in [3.63, 3.8) is 0 Å². The second-order valence-corrected chi connectivity index (χ2v) is 7.65. The number of amides is 1. The number of hydrogen-bond donors (Lipinski definition) is 1. The highest BCUT2D eigenvalue weighted by Crippen LogP contribution is 2.21. The lowest BCUT2D eigenvalue weighted by Crippen LogP contribution is -2.35. The number of sulfonamides is 1. The molecule has 25 heavy (non-hydrogen) atoms. The van der Waals surface area contributed by atoms with Gasteiger partial charge in [-0.2, -0.15) is 0 Å². The first-order valence-electron chi connectivity index (χ1n) is 8.14. The highest BCUT2D eigenvalue weighted by atomic mass is 32.2. The largest absolute Gasteiger partial charge is 0.339 e. The minimum absolute atomic E-state index is 0.0707. The van der Waals surface area contributed by atoms with Crippen LogP contribution in [0.1, 0.15) is 29.6 Å². The highest BCUT2D eigenvalue weighted by Gasteiger charge is 2.21. The summed E-state index contributed by atoms with van der Waals surface area (Å²) in [6, 6.07) is 11.4. The first kappa shape index (κ1) is 17.4. The van der Waals surface area contributed by atoms with Crippen LogP contribution in [0.2, 0.25) is 0 Å². The molecule has 0 bridgehead atoms. The van der Waals surface area contributed by atoms with E-state index in [9.17, 15) is 17.6 Å². The van der Waals surface area contributed by atoms with E-state index in [1.165, 1.54) is 42.5 Å². The summed E-state index contributed by atoms with van der Waals surface area (Å²) in [7, 11) is -3.98. The number of halogens is 1. The van der Waals surface area contributed by atoms with Gasteiger partial charge in [-0.05, 0) is 49.6 Å². The molecule has 1 aliphatic heterocycles. The Kier molecular flexibility index (Phi) is 5.03. The molecule has 1 saturated heterocycles. The topological polar surface area (TPSA) is 66.5 Å². The van der Waals surface area contributed by atoms with Gasteiger partial charge in [0.25, 0.3) is 15.9 Å². The molecule has 0 atom stereocenters. The van der Waals surface area contributed by atoms with Gasteiger partial charge in [-0.3, -0.25) is 9.52 Å². The Hall–Kier alpha value is -2.41. The third-order valence-electron chi connectivity index (χ3n) is 4.15. The van der Waals surface area contributed by atoms with Crippen LogP contribution < -0.4 is 4.72 Å². The van der Waals surface area contributed by atoms with Crippen LogP contribution in [0.15, 0.2) is 53.4 Å². The van der Waals surface area contributed by atoms with Crippen molar-refractivity contribution in [1.29, 1.82) is 0 Å². The highest BCUT2D eigenvalue weighted by molar-refractivity contribution is 7.92. The van der Waals surface area contributed by atoms with Crippen LogP contribution in [0, 0.1) is 5.82 Å². The molecule has 1 amide bonds. The quantitative estimate of drug-likeness (QED) is 0.908. The Morgan fingerprint density at radius 1 is 1.00 bits per heavy atom. The summed E-state index contributed by atoms with van der Waals surface area (Å²) in [6.45, 7) is 1.37. The van der Waals surface area contributed by atoms with Gasteiger partial charge in [-0.25, -0.2) is 12.8 Å². The monoisotopic (exact) mass is 362 g/mol. The molecule has 0 spiro atoms. The Balaban J connectivity index is 1.85. The van der Waals surface area contributed by atoms with Gasteiger partial charge < -0.3 is 4.90 Å². The average molecular weight is 362 g/mol. The maximum Gasteiger partial charge on any atom is 0.262 e. The molecule has 1 heterocycles. The molecular weight excluding hydrogens is 343 g/mol.